The van der Waals surface area contributed by atoms with Crippen LogP contribution < -0.4 is 0 Å². The molecule has 1 heterocycles. The SMILES string of the molecule is C1=C[C@H]2CC[C@@H]1C2.C1=C[C@H]2CC[C@@H]1C2.O=C1C=CC(=O)O1.[Pt]. The molecule has 2 saturated carbocycles. The summed E-state index contributed by atoms with van der Waals surface area (Å²) in [5.41, 5.74) is 0. The van der Waals surface area contributed by atoms with Gasteiger partial charge in [-0.2, -0.15) is 0 Å². The molecule has 1 aliphatic heterocycles. The van der Waals surface area contributed by atoms with Crippen LogP contribution in [0.3, 0.4) is 0 Å². The minimum atomic E-state index is -0.579. The molecule has 0 radical (unpaired) electrons. The van der Waals surface area contributed by atoms with Gasteiger partial charge in [0.1, 0.15) is 0 Å². The van der Waals surface area contributed by atoms with Crippen molar-refractivity contribution in [3.63, 3.8) is 0 Å². The van der Waals surface area contributed by atoms with Crippen molar-refractivity contribution < 1.29 is 35.4 Å². The number of esters is 2. The first kappa shape index (κ1) is 17.4. The van der Waals surface area contributed by atoms with Crippen molar-refractivity contribution in [2.45, 2.75) is 38.5 Å². The molecule has 0 aromatic heterocycles. The summed E-state index contributed by atoms with van der Waals surface area (Å²) in [5, 5.41) is 0. The van der Waals surface area contributed by atoms with E-state index in [9.17, 15) is 9.59 Å². The summed E-state index contributed by atoms with van der Waals surface area (Å²) in [5.74, 6) is 2.81. The van der Waals surface area contributed by atoms with Crippen LogP contribution in [0.15, 0.2) is 36.5 Å². The molecule has 22 heavy (non-hydrogen) atoms. The fourth-order valence-electron chi connectivity index (χ4n) is 3.74. The summed E-state index contributed by atoms with van der Waals surface area (Å²) in [6, 6.07) is 0. The van der Waals surface area contributed by atoms with Gasteiger partial charge in [0.15, 0.2) is 0 Å². The third-order valence-corrected chi connectivity index (χ3v) is 4.90. The average Bonchev–Trinajstić information content (AvgIpc) is 3.29. The monoisotopic (exact) mass is 481 g/mol. The van der Waals surface area contributed by atoms with Crippen molar-refractivity contribution in [3.05, 3.63) is 36.5 Å². The molecule has 122 valence electrons. The molecule has 2 fully saturated rings. The molecule has 5 rings (SSSR count). The van der Waals surface area contributed by atoms with Crippen molar-refractivity contribution in [1.29, 1.82) is 0 Å². The van der Waals surface area contributed by atoms with Gasteiger partial charge in [0, 0.05) is 33.2 Å². The van der Waals surface area contributed by atoms with Crippen molar-refractivity contribution in [2.75, 3.05) is 0 Å². The van der Waals surface area contributed by atoms with E-state index in [-0.39, 0.29) is 21.1 Å². The number of allylic oxidation sites excluding steroid dienone is 4. The average molecular weight is 481 g/mol. The molecule has 0 unspecified atom stereocenters. The van der Waals surface area contributed by atoms with Gasteiger partial charge in [-0.15, -0.1) is 0 Å². The predicted molar refractivity (Wildman–Crippen MR) is 80.2 cm³/mol. The number of cyclic esters (lactones) is 2. The zero-order chi connectivity index (χ0) is 14.7. The minimum absolute atomic E-state index is 0. The van der Waals surface area contributed by atoms with E-state index >= 15 is 0 Å². The predicted octanol–water partition coefficient (Wildman–Crippen LogP) is 3.57. The van der Waals surface area contributed by atoms with E-state index in [0.29, 0.717) is 0 Å². The third kappa shape index (κ3) is 4.77. The number of carbonyl (C=O) groups excluding carboxylic acids is 2. The molecule has 0 amide bonds. The van der Waals surface area contributed by atoms with Crippen LogP contribution in [0.2, 0.25) is 0 Å². The van der Waals surface area contributed by atoms with Gasteiger partial charge < -0.3 is 4.74 Å². The first-order chi connectivity index (χ1) is 10.2. The Hall–Kier alpha value is -0.952. The second-order valence-electron chi connectivity index (χ2n) is 6.51. The number of carbonyl (C=O) groups is 2. The van der Waals surface area contributed by atoms with Crippen molar-refractivity contribution in [2.24, 2.45) is 23.7 Å². The van der Waals surface area contributed by atoms with Gasteiger partial charge in [0.25, 0.3) is 0 Å². The number of rotatable bonds is 0. The molecule has 0 N–H and O–H groups in total. The maximum absolute atomic E-state index is 9.92. The van der Waals surface area contributed by atoms with Gasteiger partial charge in [0.2, 0.25) is 0 Å². The van der Waals surface area contributed by atoms with Crippen molar-refractivity contribution in [3.8, 4) is 0 Å². The molecule has 3 nitrogen and oxygen atoms in total. The van der Waals surface area contributed by atoms with Crippen LogP contribution in [0.4, 0.5) is 0 Å². The van der Waals surface area contributed by atoms with Crippen LogP contribution >= 0.6 is 0 Å². The van der Waals surface area contributed by atoms with Crippen LogP contribution in [-0.4, -0.2) is 11.9 Å². The third-order valence-electron chi connectivity index (χ3n) is 4.90. The quantitative estimate of drug-likeness (QED) is 0.302. The molecule has 0 spiro atoms. The molecule has 4 heteroatoms. The largest absolute Gasteiger partial charge is 0.387 e. The fraction of sp³-hybridized carbons (Fsp3) is 0.556. The molecular formula is C18H22O3Pt. The van der Waals surface area contributed by atoms with Crippen molar-refractivity contribution in [1.82, 2.24) is 0 Å². The number of fused-ring (bicyclic) bond motifs is 4. The molecule has 4 aliphatic carbocycles. The zero-order valence-corrected chi connectivity index (χ0v) is 14.8. The van der Waals surface area contributed by atoms with Crippen molar-refractivity contribution >= 4 is 11.9 Å². The number of hydrogen-bond donors (Lipinski definition) is 0. The van der Waals surface area contributed by atoms with Gasteiger partial charge >= 0.3 is 11.9 Å². The first-order valence-electron chi connectivity index (χ1n) is 7.99. The van der Waals surface area contributed by atoms with Gasteiger partial charge in [0.05, 0.1) is 0 Å². The Labute approximate surface area is 146 Å². The molecule has 0 aromatic rings. The smallest absolute Gasteiger partial charge is 0.338 e. The topological polar surface area (TPSA) is 43.4 Å². The Balaban J connectivity index is 0.000000118. The van der Waals surface area contributed by atoms with Gasteiger partial charge in [-0.25, -0.2) is 9.59 Å². The Bertz CT molecular complexity index is 438. The zero-order valence-electron chi connectivity index (χ0n) is 12.6. The number of hydrogen-bond acceptors (Lipinski definition) is 3. The van der Waals surface area contributed by atoms with E-state index in [1.54, 1.807) is 0 Å². The van der Waals surface area contributed by atoms with Gasteiger partial charge in [-0.1, -0.05) is 24.3 Å². The summed E-state index contributed by atoms with van der Waals surface area (Å²) in [7, 11) is 0. The van der Waals surface area contributed by atoms with E-state index in [0.717, 1.165) is 35.8 Å². The summed E-state index contributed by atoms with van der Waals surface area (Å²) < 4.78 is 3.97. The Morgan fingerprint density at radius 1 is 0.682 bits per heavy atom. The summed E-state index contributed by atoms with van der Waals surface area (Å²) in [4.78, 5) is 19.8. The Kier molecular flexibility index (Phi) is 6.37. The molecule has 0 aromatic carbocycles. The molecule has 4 bridgehead atoms. The number of ether oxygens (including phenoxy) is 1. The maximum atomic E-state index is 9.92. The molecule has 4 atom stereocenters. The maximum Gasteiger partial charge on any atom is 0.338 e. The van der Waals surface area contributed by atoms with E-state index in [1.165, 1.54) is 38.5 Å². The summed E-state index contributed by atoms with van der Waals surface area (Å²) in [6.07, 6.45) is 20.5. The van der Waals surface area contributed by atoms with Crippen LogP contribution in [-0.2, 0) is 35.4 Å². The van der Waals surface area contributed by atoms with Crippen LogP contribution in [0.5, 0.6) is 0 Å². The molecule has 0 saturated heterocycles. The second kappa shape index (κ2) is 8.06. The summed E-state index contributed by atoms with van der Waals surface area (Å²) in [6.45, 7) is 0. The standard InChI is InChI=1S/2C7H10.C4H2O3.Pt/c2*1-2-7-4-3-6(1)5-7;5-3-1-2-4(6)7-3;/h2*1-2,6-7H,3-5H2;1-2H;/t2*6-,7+;;. The summed E-state index contributed by atoms with van der Waals surface area (Å²) >= 11 is 0. The van der Waals surface area contributed by atoms with E-state index in [1.807, 2.05) is 0 Å². The van der Waals surface area contributed by atoms with Gasteiger partial charge in [-0.05, 0) is 62.2 Å². The van der Waals surface area contributed by atoms with Crippen LogP contribution in [0.25, 0.3) is 0 Å². The van der Waals surface area contributed by atoms with E-state index in [2.05, 4.69) is 29.0 Å². The molecular weight excluding hydrogens is 459 g/mol. The first-order valence-corrected chi connectivity index (χ1v) is 7.99. The van der Waals surface area contributed by atoms with Crippen LogP contribution in [0, 0.1) is 23.7 Å². The Morgan fingerprint density at radius 3 is 1.09 bits per heavy atom. The normalized spacial score (nSPS) is 34.7. The minimum Gasteiger partial charge on any atom is -0.387 e. The van der Waals surface area contributed by atoms with Crippen LogP contribution in [0.1, 0.15) is 38.5 Å². The fourth-order valence-corrected chi connectivity index (χ4v) is 3.74. The van der Waals surface area contributed by atoms with Gasteiger partial charge in [-0.3, -0.25) is 0 Å². The second-order valence-corrected chi connectivity index (χ2v) is 6.51. The van der Waals surface area contributed by atoms with E-state index < -0.39 is 11.9 Å². The van der Waals surface area contributed by atoms with E-state index in [4.69, 9.17) is 0 Å². The molecule has 5 aliphatic rings. The Morgan fingerprint density at radius 2 is 1.00 bits per heavy atom.